The van der Waals surface area contributed by atoms with Crippen LogP contribution in [-0.4, -0.2) is 28.0 Å². The van der Waals surface area contributed by atoms with E-state index in [-0.39, 0.29) is 0 Å². The molecule has 2 rings (SSSR count). The zero-order valence-electron chi connectivity index (χ0n) is 10.3. The van der Waals surface area contributed by atoms with Gasteiger partial charge in [0.25, 0.3) is 0 Å². The molecule has 2 heterocycles. The summed E-state index contributed by atoms with van der Waals surface area (Å²) in [6.45, 7) is 6.59. The van der Waals surface area contributed by atoms with E-state index in [1.165, 1.54) is 0 Å². The van der Waals surface area contributed by atoms with E-state index in [1.54, 1.807) is 12.3 Å². The summed E-state index contributed by atoms with van der Waals surface area (Å²) in [7, 11) is 0. The molecular formula is C12H18N4S. The third kappa shape index (κ3) is 2.91. The largest absolute Gasteiger partial charge is 0.388 e. The van der Waals surface area contributed by atoms with Gasteiger partial charge in [-0.1, -0.05) is 26.1 Å². The Hall–Kier alpha value is -1.23. The zero-order valence-corrected chi connectivity index (χ0v) is 11.1. The second kappa shape index (κ2) is 4.56. The number of aromatic nitrogens is 2. The van der Waals surface area contributed by atoms with Crippen LogP contribution in [-0.2, 0) is 0 Å². The topological polar surface area (TPSA) is 55.0 Å². The first-order chi connectivity index (χ1) is 7.98. The van der Waals surface area contributed by atoms with Crippen LogP contribution in [0.1, 0.15) is 32.4 Å². The van der Waals surface area contributed by atoms with Gasteiger partial charge in [-0.25, -0.2) is 9.97 Å². The van der Waals surface area contributed by atoms with Crippen LogP contribution in [0.3, 0.4) is 0 Å². The van der Waals surface area contributed by atoms with Crippen molar-refractivity contribution in [3.05, 3.63) is 18.0 Å². The monoisotopic (exact) mass is 250 g/mol. The van der Waals surface area contributed by atoms with Gasteiger partial charge in [0, 0.05) is 19.3 Å². The molecule has 0 unspecified atom stereocenters. The van der Waals surface area contributed by atoms with Crippen molar-refractivity contribution in [1.29, 1.82) is 0 Å². The van der Waals surface area contributed by atoms with Crippen molar-refractivity contribution in [2.75, 3.05) is 18.0 Å². The number of anilines is 1. The normalized spacial score (nSPS) is 19.1. The summed E-state index contributed by atoms with van der Waals surface area (Å²) in [4.78, 5) is 11.2. The first kappa shape index (κ1) is 12.2. The average molecular weight is 250 g/mol. The van der Waals surface area contributed by atoms with Crippen LogP contribution < -0.4 is 10.6 Å². The van der Waals surface area contributed by atoms with Crippen LogP contribution in [0.5, 0.6) is 0 Å². The van der Waals surface area contributed by atoms with Crippen LogP contribution in [0.25, 0.3) is 0 Å². The first-order valence-electron chi connectivity index (χ1n) is 5.86. The molecule has 0 aliphatic carbocycles. The van der Waals surface area contributed by atoms with Gasteiger partial charge in [-0.2, -0.15) is 0 Å². The fourth-order valence-corrected chi connectivity index (χ4v) is 2.06. The Morgan fingerprint density at radius 3 is 2.65 bits per heavy atom. The number of piperidine rings is 1. The van der Waals surface area contributed by atoms with E-state index in [4.69, 9.17) is 18.0 Å². The molecule has 1 aromatic rings. The second-order valence-corrected chi connectivity index (χ2v) is 5.70. The number of nitrogens with two attached hydrogens (primary N) is 1. The summed E-state index contributed by atoms with van der Waals surface area (Å²) in [5.41, 5.74) is 6.65. The minimum atomic E-state index is 0.325. The molecule has 0 spiro atoms. The van der Waals surface area contributed by atoms with Crippen molar-refractivity contribution >= 4 is 23.2 Å². The third-order valence-electron chi connectivity index (χ3n) is 3.30. The van der Waals surface area contributed by atoms with Crippen molar-refractivity contribution in [2.24, 2.45) is 11.1 Å². The van der Waals surface area contributed by atoms with Crippen LogP contribution in [0.4, 0.5) is 5.95 Å². The lowest BCUT2D eigenvalue weighted by Crippen LogP contribution is -2.38. The van der Waals surface area contributed by atoms with Crippen molar-refractivity contribution < 1.29 is 0 Å². The molecule has 1 aliphatic heterocycles. The molecule has 2 N–H and O–H groups in total. The molecule has 92 valence electrons. The Morgan fingerprint density at radius 1 is 1.41 bits per heavy atom. The Kier molecular flexibility index (Phi) is 3.28. The summed E-state index contributed by atoms with van der Waals surface area (Å²) in [5.74, 6) is 0.741. The van der Waals surface area contributed by atoms with E-state index in [2.05, 4.69) is 28.7 Å². The van der Waals surface area contributed by atoms with E-state index in [0.717, 1.165) is 31.9 Å². The molecular weight excluding hydrogens is 232 g/mol. The fraction of sp³-hybridized carbons (Fsp3) is 0.583. The standard InChI is InChI=1S/C12H18N4S/c1-12(2)4-7-16(8-5-12)11-14-6-3-9(15-11)10(13)17/h3,6H,4-5,7-8H2,1-2H3,(H2,13,17). The highest BCUT2D eigenvalue weighted by Gasteiger charge is 2.26. The van der Waals surface area contributed by atoms with Gasteiger partial charge in [0.1, 0.15) is 10.7 Å². The van der Waals surface area contributed by atoms with E-state index in [1.807, 2.05) is 0 Å². The van der Waals surface area contributed by atoms with E-state index in [9.17, 15) is 0 Å². The second-order valence-electron chi connectivity index (χ2n) is 5.26. The zero-order chi connectivity index (χ0) is 12.5. The Morgan fingerprint density at radius 2 is 2.06 bits per heavy atom. The summed E-state index contributed by atoms with van der Waals surface area (Å²) in [6.07, 6.45) is 4.04. The maximum Gasteiger partial charge on any atom is 0.225 e. The SMILES string of the molecule is CC1(C)CCN(c2nccc(C(N)=S)n2)CC1. The predicted molar refractivity (Wildman–Crippen MR) is 73.1 cm³/mol. The van der Waals surface area contributed by atoms with Crippen molar-refractivity contribution in [1.82, 2.24) is 9.97 Å². The Balaban J connectivity index is 2.13. The molecule has 0 saturated carbocycles. The van der Waals surface area contributed by atoms with E-state index >= 15 is 0 Å². The minimum Gasteiger partial charge on any atom is -0.388 e. The van der Waals surface area contributed by atoms with Gasteiger partial charge in [-0.15, -0.1) is 0 Å². The van der Waals surface area contributed by atoms with Crippen LogP contribution in [0, 0.1) is 5.41 Å². The number of hydrogen-bond donors (Lipinski definition) is 1. The molecule has 4 nitrogen and oxygen atoms in total. The highest BCUT2D eigenvalue weighted by molar-refractivity contribution is 7.80. The fourth-order valence-electron chi connectivity index (χ4n) is 1.95. The van der Waals surface area contributed by atoms with Gasteiger partial charge in [0.15, 0.2) is 0 Å². The lowest BCUT2D eigenvalue weighted by Gasteiger charge is -2.36. The van der Waals surface area contributed by atoms with Gasteiger partial charge >= 0.3 is 0 Å². The molecule has 5 heteroatoms. The van der Waals surface area contributed by atoms with Crippen molar-refractivity contribution in [3.63, 3.8) is 0 Å². The van der Waals surface area contributed by atoms with Crippen molar-refractivity contribution in [3.8, 4) is 0 Å². The lowest BCUT2D eigenvalue weighted by atomic mass is 9.83. The average Bonchev–Trinajstić information content (AvgIpc) is 2.29. The maximum absolute atomic E-state index is 5.58. The molecule has 0 amide bonds. The Labute approximate surface area is 107 Å². The van der Waals surface area contributed by atoms with E-state index < -0.39 is 0 Å². The van der Waals surface area contributed by atoms with Gasteiger partial charge in [0.2, 0.25) is 5.95 Å². The molecule has 0 aromatic carbocycles. The molecule has 0 radical (unpaired) electrons. The summed E-state index contributed by atoms with van der Waals surface area (Å²) < 4.78 is 0. The number of thiocarbonyl (C=S) groups is 1. The van der Waals surface area contributed by atoms with Crippen LogP contribution in [0.2, 0.25) is 0 Å². The van der Waals surface area contributed by atoms with E-state index in [0.29, 0.717) is 16.1 Å². The molecule has 1 aliphatic rings. The molecule has 0 atom stereocenters. The number of rotatable bonds is 2. The third-order valence-corrected chi connectivity index (χ3v) is 3.50. The molecule has 17 heavy (non-hydrogen) atoms. The first-order valence-corrected chi connectivity index (χ1v) is 6.27. The van der Waals surface area contributed by atoms with Crippen molar-refractivity contribution in [2.45, 2.75) is 26.7 Å². The molecule has 1 fully saturated rings. The maximum atomic E-state index is 5.58. The smallest absolute Gasteiger partial charge is 0.225 e. The molecule has 0 bridgehead atoms. The van der Waals surface area contributed by atoms with Gasteiger partial charge in [0.05, 0.1) is 0 Å². The molecule has 1 aromatic heterocycles. The lowest BCUT2D eigenvalue weighted by molar-refractivity contribution is 0.278. The van der Waals surface area contributed by atoms with Gasteiger partial charge < -0.3 is 10.6 Å². The number of nitrogens with zero attached hydrogens (tertiary/aromatic N) is 3. The number of hydrogen-bond acceptors (Lipinski definition) is 4. The highest BCUT2D eigenvalue weighted by Crippen LogP contribution is 2.30. The van der Waals surface area contributed by atoms with Crippen LogP contribution in [0.15, 0.2) is 12.3 Å². The summed E-state index contributed by atoms with van der Waals surface area (Å²) in [6, 6.07) is 1.75. The predicted octanol–water partition coefficient (Wildman–Crippen LogP) is 1.74. The Bertz CT molecular complexity index is 420. The van der Waals surface area contributed by atoms with Gasteiger partial charge in [-0.3, -0.25) is 0 Å². The summed E-state index contributed by atoms with van der Waals surface area (Å²) in [5, 5.41) is 0. The van der Waals surface area contributed by atoms with Crippen LogP contribution >= 0.6 is 12.2 Å². The quantitative estimate of drug-likeness (QED) is 0.810. The minimum absolute atomic E-state index is 0.325. The highest BCUT2D eigenvalue weighted by atomic mass is 32.1. The summed E-state index contributed by atoms with van der Waals surface area (Å²) >= 11 is 4.93. The molecule has 1 saturated heterocycles. The van der Waals surface area contributed by atoms with Gasteiger partial charge in [-0.05, 0) is 24.3 Å².